The Balaban J connectivity index is 2.49. The minimum Gasteiger partial charge on any atom is -0.205 e. The van der Waals surface area contributed by atoms with Gasteiger partial charge in [0.25, 0.3) is 0 Å². The van der Waals surface area contributed by atoms with Crippen LogP contribution in [0.15, 0.2) is 46.9 Å². The van der Waals surface area contributed by atoms with Gasteiger partial charge in [-0.25, -0.2) is 4.39 Å². The maximum absolute atomic E-state index is 14.2. The Labute approximate surface area is 154 Å². The van der Waals surface area contributed by atoms with Crippen molar-refractivity contribution in [1.82, 2.24) is 0 Å². The summed E-state index contributed by atoms with van der Waals surface area (Å²) in [5, 5.41) is 1.58. The minimum atomic E-state index is -0.336. The Morgan fingerprint density at radius 3 is 2.29 bits per heavy atom. The monoisotopic (exact) mass is 496 g/mol. The van der Waals surface area contributed by atoms with Crippen molar-refractivity contribution < 1.29 is 4.39 Å². The highest BCUT2D eigenvalue weighted by Gasteiger charge is 2.33. The van der Waals surface area contributed by atoms with Crippen LogP contribution in [0.4, 0.5) is 4.39 Å². The molecule has 0 amide bonds. The Bertz CT molecular complexity index is 627. The number of halogens is 5. The summed E-state index contributed by atoms with van der Waals surface area (Å²) in [7, 11) is 0. The van der Waals surface area contributed by atoms with Crippen LogP contribution in [0.3, 0.4) is 0 Å². The molecule has 21 heavy (non-hydrogen) atoms. The Morgan fingerprint density at radius 1 is 1.00 bits per heavy atom. The molecule has 0 unspecified atom stereocenters. The van der Waals surface area contributed by atoms with E-state index >= 15 is 0 Å². The van der Waals surface area contributed by atoms with Crippen molar-refractivity contribution in [3.05, 3.63) is 68.9 Å². The van der Waals surface area contributed by atoms with Crippen molar-refractivity contribution >= 4 is 59.4 Å². The van der Waals surface area contributed by atoms with Gasteiger partial charge in [-0.15, -0.1) is 0 Å². The van der Waals surface area contributed by atoms with Crippen molar-refractivity contribution in [2.24, 2.45) is 0 Å². The Kier molecular flexibility index (Phi) is 6.30. The van der Waals surface area contributed by atoms with E-state index < -0.39 is 0 Å². The summed E-state index contributed by atoms with van der Waals surface area (Å²) in [5.41, 5.74) is 1.50. The molecule has 2 aromatic rings. The zero-order chi connectivity index (χ0) is 15.5. The lowest BCUT2D eigenvalue weighted by Crippen LogP contribution is -2.33. The predicted octanol–water partition coefficient (Wildman–Crippen LogP) is 6.51. The molecule has 0 aliphatic carbocycles. The first-order valence-corrected chi connectivity index (χ1v) is 9.75. The molecule has 0 radical (unpaired) electrons. The molecule has 2 rings (SSSR count). The molecule has 0 bridgehead atoms. The Hall–Kier alpha value is 0.1000. The summed E-state index contributed by atoms with van der Waals surface area (Å²) in [6.07, 6.45) is 0.554. The fourth-order valence-electron chi connectivity index (χ4n) is 2.31. The summed E-state index contributed by atoms with van der Waals surface area (Å²) in [4.78, 5) is 0. The van der Waals surface area contributed by atoms with Crippen molar-refractivity contribution in [2.45, 2.75) is 11.8 Å². The zero-order valence-electron chi connectivity index (χ0n) is 11.1. The van der Waals surface area contributed by atoms with Gasteiger partial charge in [-0.1, -0.05) is 89.7 Å². The molecule has 0 saturated heterocycles. The lowest BCUT2D eigenvalue weighted by atomic mass is 9.79. The first kappa shape index (κ1) is 17.5. The highest BCUT2D eigenvalue weighted by atomic mass is 79.9. The van der Waals surface area contributed by atoms with Crippen LogP contribution in [0, 0.1) is 5.82 Å². The Morgan fingerprint density at radius 2 is 1.67 bits per heavy atom. The van der Waals surface area contributed by atoms with Crippen LogP contribution in [0.1, 0.15) is 11.1 Å². The van der Waals surface area contributed by atoms with Crippen LogP contribution >= 0.6 is 59.4 Å². The molecule has 0 N–H and O–H groups in total. The SMILES string of the molecule is Fc1c(Cl)cccc1CC(CBr)(CBr)c1ccccc1Br. The largest absolute Gasteiger partial charge is 0.205 e. The summed E-state index contributed by atoms with van der Waals surface area (Å²) >= 11 is 16.7. The average Bonchev–Trinajstić information content (AvgIpc) is 2.50. The second kappa shape index (κ2) is 7.58. The number of rotatable bonds is 5. The van der Waals surface area contributed by atoms with E-state index in [1.807, 2.05) is 18.2 Å². The van der Waals surface area contributed by atoms with Gasteiger partial charge in [-0.2, -0.15) is 0 Å². The molecular formula is C16H13Br3ClF. The van der Waals surface area contributed by atoms with Gasteiger partial charge < -0.3 is 0 Å². The third-order valence-electron chi connectivity index (χ3n) is 3.52. The van der Waals surface area contributed by atoms with Gasteiger partial charge in [0.2, 0.25) is 0 Å². The van der Waals surface area contributed by atoms with Crippen molar-refractivity contribution in [1.29, 1.82) is 0 Å². The number of alkyl halides is 2. The van der Waals surface area contributed by atoms with Crippen LogP contribution in [0.25, 0.3) is 0 Å². The quantitative estimate of drug-likeness (QED) is 0.412. The van der Waals surface area contributed by atoms with Gasteiger partial charge in [0.05, 0.1) is 5.02 Å². The van der Waals surface area contributed by atoms with E-state index in [0.29, 0.717) is 22.6 Å². The number of benzene rings is 2. The van der Waals surface area contributed by atoms with Crippen LogP contribution in [0.5, 0.6) is 0 Å². The van der Waals surface area contributed by atoms with Crippen molar-refractivity contribution in [3.8, 4) is 0 Å². The second-order valence-electron chi connectivity index (χ2n) is 4.92. The summed E-state index contributed by atoms with van der Waals surface area (Å²) in [6, 6.07) is 13.2. The molecule has 0 spiro atoms. The van der Waals surface area contributed by atoms with Crippen LogP contribution < -0.4 is 0 Å². The van der Waals surface area contributed by atoms with E-state index in [1.54, 1.807) is 18.2 Å². The molecule has 0 fully saturated rings. The van der Waals surface area contributed by atoms with Gasteiger partial charge in [0.15, 0.2) is 0 Å². The smallest absolute Gasteiger partial charge is 0.145 e. The predicted molar refractivity (Wildman–Crippen MR) is 98.5 cm³/mol. The molecule has 5 heteroatoms. The molecule has 0 nitrogen and oxygen atoms in total. The summed E-state index contributed by atoms with van der Waals surface area (Å²) < 4.78 is 15.3. The zero-order valence-corrected chi connectivity index (χ0v) is 16.6. The van der Waals surface area contributed by atoms with E-state index in [2.05, 4.69) is 53.9 Å². The van der Waals surface area contributed by atoms with E-state index in [-0.39, 0.29) is 16.3 Å². The summed E-state index contributed by atoms with van der Waals surface area (Å²) in [6.45, 7) is 0. The highest BCUT2D eigenvalue weighted by Crippen LogP contribution is 2.38. The van der Waals surface area contributed by atoms with Crippen LogP contribution in [0.2, 0.25) is 5.02 Å². The van der Waals surface area contributed by atoms with E-state index in [0.717, 1.165) is 10.0 Å². The van der Waals surface area contributed by atoms with Crippen molar-refractivity contribution in [2.75, 3.05) is 10.7 Å². The normalized spacial score (nSPS) is 11.7. The van der Waals surface area contributed by atoms with Gasteiger partial charge in [-0.3, -0.25) is 0 Å². The molecule has 0 atom stereocenters. The minimum absolute atomic E-state index is 0.165. The highest BCUT2D eigenvalue weighted by molar-refractivity contribution is 9.10. The standard InChI is InChI=1S/C16H13Br3ClF/c17-9-16(10-18,12-5-1-2-6-13(12)19)8-11-4-3-7-14(20)15(11)21/h1-7H,8-10H2. The van der Waals surface area contributed by atoms with Gasteiger partial charge in [0, 0.05) is 20.5 Å². The molecule has 0 heterocycles. The van der Waals surface area contributed by atoms with Gasteiger partial charge in [0.1, 0.15) is 5.82 Å². The topological polar surface area (TPSA) is 0 Å². The van der Waals surface area contributed by atoms with Gasteiger partial charge >= 0.3 is 0 Å². The molecule has 0 aromatic heterocycles. The third-order valence-corrected chi connectivity index (χ3v) is 6.65. The lowest BCUT2D eigenvalue weighted by Gasteiger charge is -2.32. The molecule has 112 valence electrons. The average molecular weight is 499 g/mol. The van der Waals surface area contributed by atoms with E-state index in [9.17, 15) is 4.39 Å². The number of hydrogen-bond donors (Lipinski definition) is 0. The summed E-state index contributed by atoms with van der Waals surface area (Å²) in [5.74, 6) is -0.336. The molecule has 0 aliphatic rings. The fraction of sp³-hybridized carbons (Fsp3) is 0.250. The van der Waals surface area contributed by atoms with E-state index in [1.165, 1.54) is 0 Å². The molecule has 0 aliphatic heterocycles. The second-order valence-corrected chi connectivity index (χ2v) is 7.30. The molecule has 0 saturated carbocycles. The lowest BCUT2D eigenvalue weighted by molar-refractivity contribution is 0.521. The number of hydrogen-bond acceptors (Lipinski definition) is 0. The van der Waals surface area contributed by atoms with Gasteiger partial charge in [-0.05, 0) is 29.7 Å². The third kappa shape index (κ3) is 3.72. The van der Waals surface area contributed by atoms with Crippen LogP contribution in [-0.4, -0.2) is 10.7 Å². The molecular weight excluding hydrogens is 486 g/mol. The first-order valence-electron chi connectivity index (χ1n) is 6.34. The van der Waals surface area contributed by atoms with E-state index in [4.69, 9.17) is 11.6 Å². The van der Waals surface area contributed by atoms with Crippen molar-refractivity contribution in [3.63, 3.8) is 0 Å². The maximum Gasteiger partial charge on any atom is 0.145 e. The molecule has 2 aromatic carbocycles. The fourth-order valence-corrected chi connectivity index (χ4v) is 5.14. The van der Waals surface area contributed by atoms with Crippen LogP contribution in [-0.2, 0) is 11.8 Å². The maximum atomic E-state index is 14.2. The first-order chi connectivity index (χ1) is 10.0.